The van der Waals surface area contributed by atoms with E-state index in [-0.39, 0.29) is 12.2 Å². The lowest BCUT2D eigenvalue weighted by atomic mass is 10.2. The largest absolute Gasteiger partial charge is 0.486 e. The third-order valence-corrected chi connectivity index (χ3v) is 3.28. The van der Waals surface area contributed by atoms with E-state index < -0.39 is 0 Å². The molecular formula is C13H17NO3. The van der Waals surface area contributed by atoms with Crippen molar-refractivity contribution in [3.63, 3.8) is 0 Å². The average Bonchev–Trinajstić information content (AvgIpc) is 2.75. The number of aliphatic hydroxyl groups is 1. The highest BCUT2D eigenvalue weighted by Gasteiger charge is 2.27. The summed E-state index contributed by atoms with van der Waals surface area (Å²) in [6, 6.07) is 7.75. The number of para-hydroxylation sites is 2. The molecule has 1 saturated heterocycles. The second-order valence-electron chi connectivity index (χ2n) is 4.70. The van der Waals surface area contributed by atoms with Crippen molar-refractivity contribution in [2.75, 3.05) is 26.2 Å². The van der Waals surface area contributed by atoms with Crippen LogP contribution in [-0.2, 0) is 0 Å². The molecule has 0 bridgehead atoms. The number of fused-ring (bicyclic) bond motifs is 1. The van der Waals surface area contributed by atoms with Gasteiger partial charge in [-0.25, -0.2) is 0 Å². The van der Waals surface area contributed by atoms with Crippen LogP contribution in [0, 0.1) is 0 Å². The Morgan fingerprint density at radius 1 is 1.29 bits per heavy atom. The first kappa shape index (κ1) is 10.9. The summed E-state index contributed by atoms with van der Waals surface area (Å²) in [5.74, 6) is 1.65. The van der Waals surface area contributed by atoms with E-state index in [2.05, 4.69) is 4.90 Å². The monoisotopic (exact) mass is 235 g/mol. The molecule has 1 unspecified atom stereocenters. The Labute approximate surface area is 101 Å². The number of nitrogens with zero attached hydrogens (tertiary/aromatic N) is 1. The number of likely N-dealkylation sites (tertiary alicyclic amines) is 1. The van der Waals surface area contributed by atoms with Crippen LogP contribution in [0.1, 0.15) is 6.42 Å². The molecule has 0 aromatic heterocycles. The van der Waals surface area contributed by atoms with Crippen LogP contribution < -0.4 is 9.47 Å². The predicted molar refractivity (Wildman–Crippen MR) is 63.4 cm³/mol. The maximum atomic E-state index is 9.47. The van der Waals surface area contributed by atoms with Crippen molar-refractivity contribution in [2.24, 2.45) is 0 Å². The van der Waals surface area contributed by atoms with Crippen molar-refractivity contribution >= 4 is 0 Å². The first-order chi connectivity index (χ1) is 8.31. The van der Waals surface area contributed by atoms with Gasteiger partial charge in [-0.05, 0) is 18.6 Å². The minimum absolute atomic E-state index is 0.0650. The summed E-state index contributed by atoms with van der Waals surface area (Å²) in [7, 11) is 0. The van der Waals surface area contributed by atoms with E-state index in [1.807, 2.05) is 24.3 Å². The molecule has 4 nitrogen and oxygen atoms in total. The highest BCUT2D eigenvalue weighted by molar-refractivity contribution is 5.40. The van der Waals surface area contributed by atoms with E-state index in [1.165, 1.54) is 0 Å². The molecule has 3 rings (SSSR count). The fourth-order valence-corrected chi connectivity index (χ4v) is 2.42. The van der Waals surface area contributed by atoms with Gasteiger partial charge in [0.05, 0.1) is 6.10 Å². The van der Waals surface area contributed by atoms with Gasteiger partial charge >= 0.3 is 0 Å². The molecule has 0 spiro atoms. The Kier molecular flexibility index (Phi) is 2.91. The molecule has 0 saturated carbocycles. The topological polar surface area (TPSA) is 41.9 Å². The Morgan fingerprint density at radius 2 is 2.12 bits per heavy atom. The normalized spacial score (nSPS) is 28.3. The molecule has 17 heavy (non-hydrogen) atoms. The maximum Gasteiger partial charge on any atom is 0.161 e. The Bertz CT molecular complexity index is 396. The van der Waals surface area contributed by atoms with Crippen LogP contribution in [0.3, 0.4) is 0 Å². The van der Waals surface area contributed by atoms with Gasteiger partial charge in [0, 0.05) is 19.6 Å². The van der Waals surface area contributed by atoms with E-state index in [1.54, 1.807) is 0 Å². The molecule has 2 aliphatic rings. The zero-order valence-electron chi connectivity index (χ0n) is 9.71. The summed E-state index contributed by atoms with van der Waals surface area (Å²) in [6.45, 7) is 3.11. The highest BCUT2D eigenvalue weighted by atomic mass is 16.6. The van der Waals surface area contributed by atoms with Crippen LogP contribution in [0.5, 0.6) is 11.5 Å². The minimum atomic E-state index is -0.174. The molecule has 1 fully saturated rings. The maximum absolute atomic E-state index is 9.47. The number of benzene rings is 1. The van der Waals surface area contributed by atoms with Crippen LogP contribution in [0.15, 0.2) is 24.3 Å². The zero-order chi connectivity index (χ0) is 11.7. The third kappa shape index (κ3) is 2.37. The van der Waals surface area contributed by atoms with Gasteiger partial charge < -0.3 is 14.6 Å². The van der Waals surface area contributed by atoms with E-state index in [0.717, 1.165) is 37.6 Å². The molecular weight excluding hydrogens is 218 g/mol. The molecule has 1 N–H and O–H groups in total. The van der Waals surface area contributed by atoms with Crippen LogP contribution in [-0.4, -0.2) is 48.5 Å². The molecule has 2 heterocycles. The standard InChI is InChI=1S/C13H17NO3/c15-10-5-6-14(7-10)8-11-9-16-12-3-1-2-4-13(12)17-11/h1-4,10-11,15H,5-9H2/t10-,11?/m1/s1. The number of hydrogen-bond donors (Lipinski definition) is 1. The summed E-state index contributed by atoms with van der Waals surface area (Å²) >= 11 is 0. The van der Waals surface area contributed by atoms with Crippen LogP contribution in [0.2, 0.25) is 0 Å². The predicted octanol–water partition coefficient (Wildman–Crippen LogP) is 0.893. The quantitative estimate of drug-likeness (QED) is 0.826. The summed E-state index contributed by atoms with van der Waals surface area (Å²) < 4.78 is 11.5. The third-order valence-electron chi connectivity index (χ3n) is 3.28. The molecule has 0 radical (unpaired) electrons. The van der Waals surface area contributed by atoms with E-state index in [9.17, 15) is 5.11 Å². The molecule has 92 valence electrons. The van der Waals surface area contributed by atoms with Gasteiger partial charge in [0.2, 0.25) is 0 Å². The van der Waals surface area contributed by atoms with Crippen molar-refractivity contribution in [1.82, 2.24) is 4.90 Å². The van der Waals surface area contributed by atoms with E-state index in [4.69, 9.17) is 9.47 Å². The van der Waals surface area contributed by atoms with Gasteiger partial charge in [-0.15, -0.1) is 0 Å². The van der Waals surface area contributed by atoms with E-state index >= 15 is 0 Å². The first-order valence-electron chi connectivity index (χ1n) is 6.10. The number of aliphatic hydroxyl groups excluding tert-OH is 1. The number of hydrogen-bond acceptors (Lipinski definition) is 4. The SMILES string of the molecule is O[C@@H]1CCN(CC2COc3ccccc3O2)C1. The Hall–Kier alpha value is -1.26. The fourth-order valence-electron chi connectivity index (χ4n) is 2.42. The lowest BCUT2D eigenvalue weighted by Crippen LogP contribution is -2.40. The van der Waals surface area contributed by atoms with Gasteiger partial charge in [-0.1, -0.05) is 12.1 Å². The highest BCUT2D eigenvalue weighted by Crippen LogP contribution is 2.31. The molecule has 0 amide bonds. The molecule has 2 aliphatic heterocycles. The van der Waals surface area contributed by atoms with Crippen LogP contribution in [0.25, 0.3) is 0 Å². The fraction of sp³-hybridized carbons (Fsp3) is 0.538. The van der Waals surface area contributed by atoms with Crippen molar-refractivity contribution in [1.29, 1.82) is 0 Å². The zero-order valence-corrected chi connectivity index (χ0v) is 9.71. The lowest BCUT2D eigenvalue weighted by Gasteiger charge is -2.29. The van der Waals surface area contributed by atoms with Crippen LogP contribution in [0.4, 0.5) is 0 Å². The summed E-state index contributed by atoms with van der Waals surface area (Å²) in [4.78, 5) is 2.23. The van der Waals surface area contributed by atoms with Gasteiger partial charge in [-0.2, -0.15) is 0 Å². The summed E-state index contributed by atoms with van der Waals surface area (Å²) in [6.07, 6.45) is 0.756. The molecule has 4 heteroatoms. The van der Waals surface area contributed by atoms with Crippen molar-refractivity contribution in [2.45, 2.75) is 18.6 Å². The van der Waals surface area contributed by atoms with Gasteiger partial charge in [0.25, 0.3) is 0 Å². The molecule has 2 atom stereocenters. The van der Waals surface area contributed by atoms with Gasteiger partial charge in [0.15, 0.2) is 11.5 Å². The van der Waals surface area contributed by atoms with Crippen molar-refractivity contribution in [3.05, 3.63) is 24.3 Å². The number of β-amino-alcohol motifs (C(OH)–C–C–N with tert-alkyl or cyclic N) is 1. The number of ether oxygens (including phenoxy) is 2. The second-order valence-corrected chi connectivity index (χ2v) is 4.70. The summed E-state index contributed by atoms with van der Waals surface area (Å²) in [5.41, 5.74) is 0. The lowest BCUT2D eigenvalue weighted by molar-refractivity contribution is 0.0610. The number of rotatable bonds is 2. The van der Waals surface area contributed by atoms with Crippen LogP contribution >= 0.6 is 0 Å². The smallest absolute Gasteiger partial charge is 0.161 e. The average molecular weight is 235 g/mol. The summed E-state index contributed by atoms with van der Waals surface area (Å²) in [5, 5.41) is 9.47. The Morgan fingerprint density at radius 3 is 2.88 bits per heavy atom. The van der Waals surface area contributed by atoms with Gasteiger partial charge in [-0.3, -0.25) is 4.90 Å². The van der Waals surface area contributed by atoms with Gasteiger partial charge in [0.1, 0.15) is 12.7 Å². The first-order valence-corrected chi connectivity index (χ1v) is 6.10. The van der Waals surface area contributed by atoms with Crippen molar-refractivity contribution < 1.29 is 14.6 Å². The minimum Gasteiger partial charge on any atom is -0.486 e. The molecule has 1 aromatic carbocycles. The van der Waals surface area contributed by atoms with Crippen molar-refractivity contribution in [3.8, 4) is 11.5 Å². The van der Waals surface area contributed by atoms with E-state index in [0.29, 0.717) is 6.61 Å². The Balaban J connectivity index is 1.61. The molecule has 1 aromatic rings. The second kappa shape index (κ2) is 4.55. The molecule has 0 aliphatic carbocycles.